The molecule has 0 bridgehead atoms. The van der Waals surface area contributed by atoms with Crippen molar-refractivity contribution in [3.05, 3.63) is 21.8 Å². The van der Waals surface area contributed by atoms with E-state index in [9.17, 15) is 4.79 Å². The van der Waals surface area contributed by atoms with Crippen LogP contribution in [0.3, 0.4) is 0 Å². The molecule has 86 valence electrons. The fourth-order valence-corrected chi connectivity index (χ4v) is 2.39. The molecule has 0 radical (unpaired) electrons. The Morgan fingerprint density at radius 1 is 1.56 bits per heavy atom. The summed E-state index contributed by atoms with van der Waals surface area (Å²) in [6.07, 6.45) is 1.04. The molecule has 1 aromatic carbocycles. The quantitative estimate of drug-likeness (QED) is 0.846. The average molecular weight is 330 g/mol. The second kappa shape index (κ2) is 4.61. The predicted molar refractivity (Wildman–Crippen MR) is 74.9 cm³/mol. The van der Waals surface area contributed by atoms with Crippen molar-refractivity contribution in [1.29, 1.82) is 0 Å². The number of nitrogens with zero attached hydrogens (tertiary/aromatic N) is 1. The molecule has 4 heteroatoms. The number of anilines is 2. The van der Waals surface area contributed by atoms with Crippen LogP contribution >= 0.6 is 22.6 Å². The summed E-state index contributed by atoms with van der Waals surface area (Å²) in [6, 6.07) is 6.57. The van der Waals surface area contributed by atoms with Gasteiger partial charge < -0.3 is 10.2 Å². The molecule has 0 saturated heterocycles. The Hall–Kier alpha value is -0.780. The third-order valence-corrected chi connectivity index (χ3v) is 3.65. The number of rotatable bonds is 2. The average Bonchev–Trinajstić information content (AvgIpc) is 2.26. The van der Waals surface area contributed by atoms with Gasteiger partial charge in [0.15, 0.2) is 0 Å². The molecule has 1 amide bonds. The fraction of sp³-hybridized carbons (Fsp3) is 0.417. The number of amides is 1. The van der Waals surface area contributed by atoms with Gasteiger partial charge in [-0.25, -0.2) is 0 Å². The first-order valence-corrected chi connectivity index (χ1v) is 6.55. The van der Waals surface area contributed by atoms with Crippen LogP contribution in [0.2, 0.25) is 0 Å². The zero-order chi connectivity index (χ0) is 11.7. The number of halogens is 1. The van der Waals surface area contributed by atoms with Gasteiger partial charge in [0.1, 0.15) is 0 Å². The summed E-state index contributed by atoms with van der Waals surface area (Å²) in [5.74, 6) is 0.0785. The van der Waals surface area contributed by atoms with Crippen LogP contribution in [0.1, 0.15) is 20.3 Å². The van der Waals surface area contributed by atoms with Crippen molar-refractivity contribution in [1.82, 2.24) is 0 Å². The lowest BCUT2D eigenvalue weighted by molar-refractivity contribution is -0.115. The fourth-order valence-electron chi connectivity index (χ4n) is 1.90. The Kier molecular flexibility index (Phi) is 3.37. The van der Waals surface area contributed by atoms with Gasteiger partial charge >= 0.3 is 0 Å². The zero-order valence-corrected chi connectivity index (χ0v) is 11.6. The van der Waals surface area contributed by atoms with Crippen molar-refractivity contribution in [2.24, 2.45) is 0 Å². The minimum Gasteiger partial charge on any atom is -0.358 e. The Labute approximate surface area is 109 Å². The molecule has 1 atom stereocenters. The SMILES string of the molecule is CCC(C)N1CC(=O)Nc2cc(I)ccc21. The maximum absolute atomic E-state index is 11.6. The molecule has 3 nitrogen and oxygen atoms in total. The molecule has 0 saturated carbocycles. The van der Waals surface area contributed by atoms with Crippen LogP contribution in [0.25, 0.3) is 0 Å². The van der Waals surface area contributed by atoms with Crippen molar-refractivity contribution in [3.8, 4) is 0 Å². The van der Waals surface area contributed by atoms with Crippen LogP contribution in [-0.2, 0) is 4.79 Å². The molecular weight excluding hydrogens is 315 g/mol. The standard InChI is InChI=1S/C12H15IN2O/c1-3-8(2)15-7-12(16)14-10-6-9(13)4-5-11(10)15/h4-6,8H,3,7H2,1-2H3,(H,14,16). The summed E-state index contributed by atoms with van der Waals surface area (Å²) in [4.78, 5) is 13.8. The van der Waals surface area contributed by atoms with E-state index in [0.717, 1.165) is 21.4 Å². The molecule has 1 unspecified atom stereocenters. The predicted octanol–water partition coefficient (Wildman–Crippen LogP) is 2.85. The van der Waals surface area contributed by atoms with Crippen molar-refractivity contribution >= 4 is 39.9 Å². The summed E-state index contributed by atoms with van der Waals surface area (Å²) in [5, 5.41) is 2.92. The Morgan fingerprint density at radius 3 is 3.00 bits per heavy atom. The van der Waals surface area contributed by atoms with Crippen molar-refractivity contribution in [3.63, 3.8) is 0 Å². The van der Waals surface area contributed by atoms with Crippen LogP contribution in [0, 0.1) is 3.57 Å². The minimum absolute atomic E-state index is 0.0785. The number of nitrogens with one attached hydrogen (secondary N) is 1. The van der Waals surface area contributed by atoms with E-state index in [0.29, 0.717) is 12.6 Å². The third-order valence-electron chi connectivity index (χ3n) is 2.98. The van der Waals surface area contributed by atoms with E-state index in [1.807, 2.05) is 6.07 Å². The van der Waals surface area contributed by atoms with Gasteiger partial charge in [0, 0.05) is 9.61 Å². The highest BCUT2D eigenvalue weighted by Gasteiger charge is 2.24. The Bertz CT molecular complexity index is 419. The molecule has 1 aliphatic heterocycles. The van der Waals surface area contributed by atoms with Crippen LogP contribution in [0.4, 0.5) is 11.4 Å². The van der Waals surface area contributed by atoms with E-state index in [1.54, 1.807) is 0 Å². The molecule has 1 aliphatic rings. The smallest absolute Gasteiger partial charge is 0.243 e. The second-order valence-electron chi connectivity index (χ2n) is 4.09. The van der Waals surface area contributed by atoms with Gasteiger partial charge in [-0.15, -0.1) is 0 Å². The second-order valence-corrected chi connectivity index (χ2v) is 5.34. The molecular formula is C12H15IN2O. The van der Waals surface area contributed by atoms with E-state index in [2.05, 4.69) is 58.8 Å². The molecule has 0 aromatic heterocycles. The summed E-state index contributed by atoms with van der Waals surface area (Å²) < 4.78 is 1.14. The topological polar surface area (TPSA) is 32.3 Å². The van der Waals surface area contributed by atoms with Crippen LogP contribution in [0.5, 0.6) is 0 Å². The van der Waals surface area contributed by atoms with E-state index in [1.165, 1.54) is 0 Å². The molecule has 0 fully saturated rings. The van der Waals surface area contributed by atoms with Crippen molar-refractivity contribution in [2.75, 3.05) is 16.8 Å². The summed E-state index contributed by atoms with van der Waals surface area (Å²) in [5.41, 5.74) is 2.07. The van der Waals surface area contributed by atoms with Crippen LogP contribution in [-0.4, -0.2) is 18.5 Å². The first kappa shape index (κ1) is 11.7. The lowest BCUT2D eigenvalue weighted by Gasteiger charge is -2.35. The van der Waals surface area contributed by atoms with Crippen LogP contribution in [0.15, 0.2) is 18.2 Å². The van der Waals surface area contributed by atoms with Crippen molar-refractivity contribution in [2.45, 2.75) is 26.3 Å². The highest BCUT2D eigenvalue weighted by atomic mass is 127. The number of hydrogen-bond donors (Lipinski definition) is 1. The van der Waals surface area contributed by atoms with Gasteiger partial charge in [0.2, 0.25) is 5.91 Å². The normalized spacial score (nSPS) is 16.7. The molecule has 2 rings (SSSR count). The summed E-state index contributed by atoms with van der Waals surface area (Å²) in [7, 11) is 0. The lowest BCUT2D eigenvalue weighted by atomic mass is 10.1. The van der Waals surface area contributed by atoms with E-state index < -0.39 is 0 Å². The molecule has 1 aromatic rings. The van der Waals surface area contributed by atoms with Crippen LogP contribution < -0.4 is 10.2 Å². The molecule has 0 aliphatic carbocycles. The van der Waals surface area contributed by atoms with E-state index in [4.69, 9.17) is 0 Å². The molecule has 16 heavy (non-hydrogen) atoms. The largest absolute Gasteiger partial charge is 0.358 e. The number of carbonyl (C=O) groups excluding carboxylic acids is 1. The first-order valence-electron chi connectivity index (χ1n) is 5.48. The van der Waals surface area contributed by atoms with Gasteiger partial charge in [-0.1, -0.05) is 6.92 Å². The monoisotopic (exact) mass is 330 g/mol. The number of benzene rings is 1. The maximum Gasteiger partial charge on any atom is 0.243 e. The maximum atomic E-state index is 11.6. The van der Waals surface area contributed by atoms with Gasteiger partial charge in [-0.3, -0.25) is 4.79 Å². The van der Waals surface area contributed by atoms with Gasteiger partial charge in [-0.2, -0.15) is 0 Å². The molecule has 0 spiro atoms. The van der Waals surface area contributed by atoms with Crippen molar-refractivity contribution < 1.29 is 4.79 Å². The highest BCUT2D eigenvalue weighted by Crippen LogP contribution is 2.32. The van der Waals surface area contributed by atoms with E-state index in [-0.39, 0.29) is 5.91 Å². The number of fused-ring (bicyclic) bond motifs is 1. The Morgan fingerprint density at radius 2 is 2.31 bits per heavy atom. The minimum atomic E-state index is 0.0785. The highest BCUT2D eigenvalue weighted by molar-refractivity contribution is 14.1. The third kappa shape index (κ3) is 2.16. The van der Waals surface area contributed by atoms with Gasteiger partial charge in [0.25, 0.3) is 0 Å². The Balaban J connectivity index is 2.41. The van der Waals surface area contributed by atoms with Gasteiger partial charge in [0.05, 0.1) is 17.9 Å². The molecule has 1 heterocycles. The molecule has 1 N–H and O–H groups in total. The summed E-state index contributed by atoms with van der Waals surface area (Å²) in [6.45, 7) is 4.76. The number of hydrogen-bond acceptors (Lipinski definition) is 2. The zero-order valence-electron chi connectivity index (χ0n) is 9.46. The van der Waals surface area contributed by atoms with E-state index >= 15 is 0 Å². The summed E-state index contributed by atoms with van der Waals surface area (Å²) >= 11 is 2.26. The van der Waals surface area contributed by atoms with Gasteiger partial charge in [-0.05, 0) is 54.1 Å². The first-order chi connectivity index (χ1) is 7.61. The number of carbonyl (C=O) groups is 1. The lowest BCUT2D eigenvalue weighted by Crippen LogP contribution is -2.43.